The van der Waals surface area contributed by atoms with Crippen LogP contribution in [0.5, 0.6) is 11.5 Å². The molecule has 0 saturated heterocycles. The first kappa shape index (κ1) is 28.5. The molecule has 0 aliphatic heterocycles. The fraction of sp³-hybridized carbons (Fsp3) is 0.480. The Morgan fingerprint density at radius 3 is 1.82 bits per heavy atom. The van der Waals surface area contributed by atoms with Crippen molar-refractivity contribution in [1.29, 1.82) is 0 Å². The number of carbonyl (C=O) groups is 1. The summed E-state index contributed by atoms with van der Waals surface area (Å²) in [5.41, 5.74) is 0.593. The summed E-state index contributed by atoms with van der Waals surface area (Å²) in [5, 5.41) is 13.0. The van der Waals surface area contributed by atoms with Crippen LogP contribution >= 0.6 is 0 Å². The van der Waals surface area contributed by atoms with E-state index >= 15 is 0 Å². The van der Waals surface area contributed by atoms with Crippen molar-refractivity contribution in [2.45, 2.75) is 69.7 Å². The lowest BCUT2D eigenvalue weighted by Gasteiger charge is -2.25. The van der Waals surface area contributed by atoms with E-state index in [0.717, 1.165) is 0 Å². The smallest absolute Gasteiger partial charge is 0.325 e. The Hall–Kier alpha value is -2.58. The fourth-order valence-corrected chi connectivity index (χ4v) is 4.83. The molecule has 2 rings (SSSR count). The molecule has 0 fully saturated rings. The van der Waals surface area contributed by atoms with Crippen molar-refractivity contribution in [3.63, 3.8) is 0 Å². The molecule has 2 aromatic carbocycles. The van der Waals surface area contributed by atoms with E-state index in [1.165, 1.54) is 38.3 Å². The minimum atomic E-state index is -4.13. The molecule has 8 heteroatoms. The number of carboxylic acid groups (broad SMARTS) is 1. The molecule has 33 heavy (non-hydrogen) atoms. The normalized spacial score (nSPS) is 13.1. The summed E-state index contributed by atoms with van der Waals surface area (Å²) in [6.45, 7) is 12.2. The van der Waals surface area contributed by atoms with Crippen molar-refractivity contribution in [3.8, 4) is 11.5 Å². The lowest BCUT2D eigenvalue weighted by molar-refractivity contribution is -0.139. The van der Waals surface area contributed by atoms with Gasteiger partial charge in [-0.3, -0.25) is 4.79 Å². The van der Waals surface area contributed by atoms with Gasteiger partial charge >= 0.3 is 5.97 Å². The van der Waals surface area contributed by atoms with Crippen LogP contribution in [0.2, 0.25) is 0 Å². The number of carboxylic acids is 1. The van der Waals surface area contributed by atoms with Gasteiger partial charge in [-0.15, -0.1) is 0 Å². The van der Waals surface area contributed by atoms with Crippen LogP contribution in [0.15, 0.2) is 53.4 Å². The average molecular weight is 480 g/mol. The van der Waals surface area contributed by atoms with E-state index < -0.39 is 20.6 Å². The first-order valence-corrected chi connectivity index (χ1v) is 12.5. The molecule has 7 nitrogen and oxygen atoms in total. The van der Waals surface area contributed by atoms with Gasteiger partial charge in [0.05, 0.1) is 18.6 Å². The van der Waals surface area contributed by atoms with Crippen LogP contribution in [0.3, 0.4) is 0 Å². The van der Waals surface area contributed by atoms with Crippen molar-refractivity contribution in [2.24, 2.45) is 0 Å². The van der Waals surface area contributed by atoms with Crippen LogP contribution in [0.4, 0.5) is 0 Å². The van der Waals surface area contributed by atoms with Crippen molar-refractivity contribution < 1.29 is 27.8 Å². The highest BCUT2D eigenvalue weighted by atomic mass is 32.2. The van der Waals surface area contributed by atoms with Crippen LogP contribution < -0.4 is 14.8 Å². The Bertz CT molecular complexity index is 963. The molecule has 0 heterocycles. The van der Waals surface area contributed by atoms with Crippen LogP contribution in [0.25, 0.3) is 0 Å². The molecule has 0 radical (unpaired) electrons. The fourth-order valence-electron chi connectivity index (χ4n) is 3.23. The van der Waals surface area contributed by atoms with Gasteiger partial charge in [0.15, 0.2) is 14.6 Å². The number of hydrogen-bond acceptors (Lipinski definition) is 6. The predicted molar refractivity (Wildman–Crippen MR) is 131 cm³/mol. The van der Waals surface area contributed by atoms with Gasteiger partial charge in [-0.05, 0) is 55.8 Å². The number of hydrogen-bond donors (Lipinski definition) is 2. The molecule has 0 aromatic heterocycles. The third-order valence-electron chi connectivity index (χ3n) is 4.86. The largest absolute Gasteiger partial charge is 0.497 e. The number of sulfone groups is 1. The van der Waals surface area contributed by atoms with Crippen LogP contribution in [-0.2, 0) is 21.1 Å². The Morgan fingerprint density at radius 1 is 0.970 bits per heavy atom. The van der Waals surface area contributed by atoms with Gasteiger partial charge in [-0.2, -0.15) is 0 Å². The number of rotatable bonds is 10. The lowest BCUT2D eigenvalue weighted by Crippen LogP contribution is -2.45. The molecule has 0 aliphatic rings. The highest BCUT2D eigenvalue weighted by Crippen LogP contribution is 2.31. The topological polar surface area (TPSA) is 102 Å². The Balaban J connectivity index is 0.000000675. The second kappa shape index (κ2) is 12.6. The third-order valence-corrected chi connectivity index (χ3v) is 7.26. The maximum absolute atomic E-state index is 13.0. The first-order chi connectivity index (χ1) is 15.4. The summed E-state index contributed by atoms with van der Waals surface area (Å²) in [5.74, 6) is -0.263. The molecular weight excluding hydrogens is 442 g/mol. The van der Waals surface area contributed by atoms with Crippen LogP contribution in [-0.4, -0.2) is 50.0 Å². The van der Waals surface area contributed by atoms with Crippen LogP contribution in [0.1, 0.15) is 47.1 Å². The molecule has 184 valence electrons. The minimum Gasteiger partial charge on any atom is -0.497 e. The van der Waals surface area contributed by atoms with E-state index in [4.69, 9.17) is 9.47 Å². The van der Waals surface area contributed by atoms with Crippen molar-refractivity contribution in [1.82, 2.24) is 5.32 Å². The summed E-state index contributed by atoms with van der Waals surface area (Å²) in [6, 6.07) is 13.7. The average Bonchev–Trinajstić information content (AvgIpc) is 2.74. The summed E-state index contributed by atoms with van der Waals surface area (Å²) < 4.78 is 34.4. The zero-order chi connectivity index (χ0) is 25.2. The molecule has 2 aromatic rings. The number of nitrogens with one attached hydrogen (secondary N) is 1. The Labute approximate surface area is 198 Å². The van der Waals surface area contributed by atoms with Crippen molar-refractivity contribution in [3.05, 3.63) is 54.1 Å². The Kier molecular flexibility index (Phi) is 10.9. The van der Waals surface area contributed by atoms with Gasteiger partial charge in [-0.25, -0.2) is 8.42 Å². The number of benzene rings is 2. The second-order valence-corrected chi connectivity index (χ2v) is 10.8. The van der Waals surface area contributed by atoms with E-state index in [0.29, 0.717) is 35.8 Å². The summed E-state index contributed by atoms with van der Waals surface area (Å²) in [7, 11) is -2.66. The maximum atomic E-state index is 13.0. The quantitative estimate of drug-likeness (QED) is 0.522. The predicted octanol–water partition coefficient (Wildman–Crippen LogP) is 4.35. The Morgan fingerprint density at radius 2 is 1.45 bits per heavy atom. The lowest BCUT2D eigenvalue weighted by atomic mass is 10.0. The molecule has 0 saturated carbocycles. The van der Waals surface area contributed by atoms with Crippen molar-refractivity contribution in [2.75, 3.05) is 13.7 Å². The van der Waals surface area contributed by atoms with Gasteiger partial charge in [-0.1, -0.05) is 39.8 Å². The summed E-state index contributed by atoms with van der Waals surface area (Å²) >= 11 is 0. The van der Waals surface area contributed by atoms with E-state index in [-0.39, 0.29) is 11.3 Å². The monoisotopic (exact) mass is 479 g/mol. The first-order valence-electron chi connectivity index (χ1n) is 11.0. The van der Waals surface area contributed by atoms with E-state index in [2.05, 4.69) is 33.0 Å². The standard InChI is InChI=1S/C19H22O6S.C6H15N/c1-4-25-16-7-5-14(6-8-16)13-19(2,18(20)21)26(22,23)17-11-9-15(24-3)10-12-17;1-5(2)7-6(3)4/h5-12H,4,13H2,1-3H3,(H,20,21);5-7H,1-4H3. The zero-order valence-corrected chi connectivity index (χ0v) is 21.4. The SMILES string of the molecule is CC(C)NC(C)C.CCOc1ccc(CC(C)(C(=O)O)S(=O)(=O)c2ccc(OC)cc2)cc1. The van der Waals surface area contributed by atoms with Gasteiger partial charge in [0.2, 0.25) is 0 Å². The number of aliphatic carboxylic acids is 1. The highest BCUT2D eigenvalue weighted by Gasteiger charge is 2.47. The number of ether oxygens (including phenoxy) is 2. The molecule has 1 atom stereocenters. The molecule has 0 spiro atoms. The molecule has 0 bridgehead atoms. The molecular formula is C25H37NO6S. The maximum Gasteiger partial charge on any atom is 0.325 e. The summed E-state index contributed by atoms with van der Waals surface area (Å²) in [6.07, 6.45) is -0.164. The van der Waals surface area contributed by atoms with E-state index in [9.17, 15) is 18.3 Å². The van der Waals surface area contributed by atoms with E-state index in [1.807, 2.05) is 6.92 Å². The molecule has 2 N–H and O–H groups in total. The van der Waals surface area contributed by atoms with Gasteiger partial charge < -0.3 is 19.9 Å². The number of methoxy groups -OCH3 is 1. The second-order valence-electron chi connectivity index (χ2n) is 8.44. The third kappa shape index (κ3) is 8.05. The van der Waals surface area contributed by atoms with Crippen LogP contribution in [0, 0.1) is 0 Å². The van der Waals surface area contributed by atoms with E-state index in [1.54, 1.807) is 24.3 Å². The zero-order valence-electron chi connectivity index (χ0n) is 20.6. The molecule has 0 amide bonds. The van der Waals surface area contributed by atoms with Gasteiger partial charge in [0.25, 0.3) is 0 Å². The minimum absolute atomic E-state index is 0.0610. The summed E-state index contributed by atoms with van der Waals surface area (Å²) in [4.78, 5) is 11.8. The van der Waals surface area contributed by atoms with Gasteiger partial charge in [0.1, 0.15) is 11.5 Å². The molecule has 1 unspecified atom stereocenters. The highest BCUT2D eigenvalue weighted by molar-refractivity contribution is 7.93. The van der Waals surface area contributed by atoms with Gasteiger partial charge in [0, 0.05) is 18.5 Å². The molecule has 0 aliphatic carbocycles. The van der Waals surface area contributed by atoms with Crippen molar-refractivity contribution >= 4 is 15.8 Å².